The standard InChI is InChI=1S/C18H32O10/c1-3-5-7-14(21)27-11(9-25-13(20)6-4-2)10-26-18-17(24)16(23)15(22)12(8-19)28-18/h11-12,15-19,22-24H,3-10H2,1-2H3/t11-,12-,15+,16+,17-,18-/m1/s1. The molecular weight excluding hydrogens is 376 g/mol. The minimum Gasteiger partial charge on any atom is -0.462 e. The van der Waals surface area contributed by atoms with E-state index in [4.69, 9.17) is 18.9 Å². The maximum absolute atomic E-state index is 11.9. The molecule has 1 saturated heterocycles. The van der Waals surface area contributed by atoms with Crippen LogP contribution in [-0.2, 0) is 28.5 Å². The van der Waals surface area contributed by atoms with Crippen molar-refractivity contribution in [3.8, 4) is 0 Å². The van der Waals surface area contributed by atoms with Gasteiger partial charge in [0.1, 0.15) is 31.0 Å². The zero-order valence-corrected chi connectivity index (χ0v) is 16.4. The Morgan fingerprint density at radius 1 is 0.964 bits per heavy atom. The third kappa shape index (κ3) is 7.98. The zero-order chi connectivity index (χ0) is 21.1. The molecule has 1 aliphatic rings. The fourth-order valence-corrected chi connectivity index (χ4v) is 2.55. The molecule has 0 aromatic rings. The van der Waals surface area contributed by atoms with Gasteiger partial charge in [-0.2, -0.15) is 0 Å². The van der Waals surface area contributed by atoms with E-state index in [1.807, 2.05) is 13.8 Å². The van der Waals surface area contributed by atoms with Crippen LogP contribution in [0.15, 0.2) is 0 Å². The minimum absolute atomic E-state index is 0.204. The molecule has 0 radical (unpaired) electrons. The van der Waals surface area contributed by atoms with Crippen LogP contribution in [-0.4, -0.2) is 89.0 Å². The summed E-state index contributed by atoms with van der Waals surface area (Å²) in [5.41, 5.74) is 0. The van der Waals surface area contributed by atoms with E-state index in [1.165, 1.54) is 0 Å². The van der Waals surface area contributed by atoms with E-state index in [2.05, 4.69) is 0 Å². The van der Waals surface area contributed by atoms with Gasteiger partial charge in [0.2, 0.25) is 0 Å². The number of carbonyl (C=O) groups excluding carboxylic acids is 2. The van der Waals surface area contributed by atoms with Crippen molar-refractivity contribution in [1.29, 1.82) is 0 Å². The maximum atomic E-state index is 11.9. The Balaban J connectivity index is 2.64. The summed E-state index contributed by atoms with van der Waals surface area (Å²) in [4.78, 5) is 23.5. The molecule has 4 N–H and O–H groups in total. The Morgan fingerprint density at radius 3 is 2.29 bits per heavy atom. The van der Waals surface area contributed by atoms with Crippen LogP contribution in [0.2, 0.25) is 0 Å². The number of esters is 2. The zero-order valence-electron chi connectivity index (χ0n) is 16.4. The van der Waals surface area contributed by atoms with Crippen LogP contribution in [0.3, 0.4) is 0 Å². The Hall–Kier alpha value is -1.30. The summed E-state index contributed by atoms with van der Waals surface area (Å²) in [6.45, 7) is 2.66. The highest BCUT2D eigenvalue weighted by Gasteiger charge is 2.44. The van der Waals surface area contributed by atoms with Crippen LogP contribution >= 0.6 is 0 Å². The van der Waals surface area contributed by atoms with Gasteiger partial charge in [0.05, 0.1) is 13.2 Å². The first kappa shape index (κ1) is 24.7. The van der Waals surface area contributed by atoms with E-state index in [1.54, 1.807) is 0 Å². The molecule has 6 atom stereocenters. The molecule has 0 bridgehead atoms. The Bertz CT molecular complexity index is 469. The van der Waals surface area contributed by atoms with Crippen LogP contribution in [0, 0.1) is 0 Å². The lowest BCUT2D eigenvalue weighted by molar-refractivity contribution is -0.305. The predicted molar refractivity (Wildman–Crippen MR) is 95.0 cm³/mol. The largest absolute Gasteiger partial charge is 0.462 e. The van der Waals surface area contributed by atoms with E-state index in [9.17, 15) is 30.0 Å². The molecule has 10 heteroatoms. The first-order valence-electron chi connectivity index (χ1n) is 9.61. The highest BCUT2D eigenvalue weighted by atomic mass is 16.7. The van der Waals surface area contributed by atoms with Gasteiger partial charge in [0, 0.05) is 12.8 Å². The SMILES string of the molecule is CCCCC(=O)O[C@H](COC(=O)CCC)CO[C@@H]1O[C@H](CO)[C@H](O)[C@H](O)[C@H]1O. The number of aliphatic hydroxyl groups excluding tert-OH is 4. The Morgan fingerprint density at radius 2 is 1.68 bits per heavy atom. The lowest BCUT2D eigenvalue weighted by Gasteiger charge is -2.39. The first-order valence-corrected chi connectivity index (χ1v) is 9.61. The molecule has 0 aromatic carbocycles. The number of hydrogen-bond donors (Lipinski definition) is 4. The Labute approximate surface area is 164 Å². The summed E-state index contributed by atoms with van der Waals surface area (Å²) < 4.78 is 21.0. The molecule has 1 aliphatic heterocycles. The van der Waals surface area contributed by atoms with Crippen molar-refractivity contribution in [2.45, 2.75) is 82.8 Å². The summed E-state index contributed by atoms with van der Waals surface area (Å²) in [5.74, 6) is -0.916. The van der Waals surface area contributed by atoms with Crippen molar-refractivity contribution in [3.05, 3.63) is 0 Å². The molecule has 0 spiro atoms. The topological polar surface area (TPSA) is 152 Å². The third-order valence-corrected chi connectivity index (χ3v) is 4.21. The first-order chi connectivity index (χ1) is 13.3. The molecule has 164 valence electrons. The number of aliphatic hydroxyl groups is 4. The summed E-state index contributed by atoms with van der Waals surface area (Å²) in [6.07, 6.45) is -5.56. The summed E-state index contributed by atoms with van der Waals surface area (Å²) in [7, 11) is 0. The number of ether oxygens (including phenoxy) is 4. The third-order valence-electron chi connectivity index (χ3n) is 4.21. The van der Waals surface area contributed by atoms with Crippen LogP contribution < -0.4 is 0 Å². The van der Waals surface area contributed by atoms with E-state index in [-0.39, 0.29) is 26.1 Å². The van der Waals surface area contributed by atoms with Crippen molar-refractivity contribution < 1.29 is 49.0 Å². The van der Waals surface area contributed by atoms with E-state index in [0.29, 0.717) is 12.8 Å². The van der Waals surface area contributed by atoms with Gasteiger partial charge in [-0.1, -0.05) is 20.3 Å². The van der Waals surface area contributed by atoms with Crippen molar-refractivity contribution in [3.63, 3.8) is 0 Å². The number of carbonyl (C=O) groups is 2. The molecule has 0 aromatic heterocycles. The second-order valence-electron chi connectivity index (χ2n) is 6.68. The van der Waals surface area contributed by atoms with Gasteiger partial charge < -0.3 is 39.4 Å². The molecule has 1 rings (SSSR count). The smallest absolute Gasteiger partial charge is 0.306 e. The van der Waals surface area contributed by atoms with Gasteiger partial charge in [0.15, 0.2) is 12.4 Å². The van der Waals surface area contributed by atoms with Crippen LogP contribution in [0.25, 0.3) is 0 Å². The highest BCUT2D eigenvalue weighted by molar-refractivity contribution is 5.70. The van der Waals surface area contributed by atoms with Gasteiger partial charge in [-0.25, -0.2) is 0 Å². The van der Waals surface area contributed by atoms with E-state index < -0.39 is 55.4 Å². The second kappa shape index (κ2) is 13.0. The number of rotatable bonds is 12. The van der Waals surface area contributed by atoms with Crippen molar-refractivity contribution in [2.24, 2.45) is 0 Å². The van der Waals surface area contributed by atoms with Gasteiger partial charge in [-0.05, 0) is 12.8 Å². The molecule has 10 nitrogen and oxygen atoms in total. The lowest BCUT2D eigenvalue weighted by atomic mass is 9.99. The fourth-order valence-electron chi connectivity index (χ4n) is 2.55. The molecule has 1 heterocycles. The fraction of sp³-hybridized carbons (Fsp3) is 0.889. The van der Waals surface area contributed by atoms with E-state index in [0.717, 1.165) is 6.42 Å². The van der Waals surface area contributed by atoms with Gasteiger partial charge in [-0.15, -0.1) is 0 Å². The van der Waals surface area contributed by atoms with Crippen LogP contribution in [0.4, 0.5) is 0 Å². The van der Waals surface area contributed by atoms with Crippen molar-refractivity contribution >= 4 is 11.9 Å². The van der Waals surface area contributed by atoms with Crippen LogP contribution in [0.5, 0.6) is 0 Å². The van der Waals surface area contributed by atoms with Crippen LogP contribution in [0.1, 0.15) is 46.0 Å². The number of hydrogen-bond acceptors (Lipinski definition) is 10. The second-order valence-corrected chi connectivity index (χ2v) is 6.68. The lowest BCUT2D eigenvalue weighted by Crippen LogP contribution is -2.59. The normalized spacial score (nSPS) is 28.6. The molecular formula is C18H32O10. The maximum Gasteiger partial charge on any atom is 0.306 e. The average Bonchev–Trinajstić information content (AvgIpc) is 2.68. The molecule has 0 unspecified atom stereocenters. The van der Waals surface area contributed by atoms with Crippen molar-refractivity contribution in [2.75, 3.05) is 19.8 Å². The number of unbranched alkanes of at least 4 members (excludes halogenated alkanes) is 1. The molecule has 1 fully saturated rings. The quantitative estimate of drug-likeness (QED) is 0.303. The average molecular weight is 408 g/mol. The summed E-state index contributed by atoms with van der Waals surface area (Å²) in [5, 5.41) is 38.7. The predicted octanol–water partition coefficient (Wildman–Crippen LogP) is -0.752. The van der Waals surface area contributed by atoms with E-state index >= 15 is 0 Å². The summed E-state index contributed by atoms with van der Waals surface area (Å²) in [6, 6.07) is 0. The molecule has 0 aliphatic carbocycles. The molecule has 28 heavy (non-hydrogen) atoms. The van der Waals surface area contributed by atoms with Gasteiger partial charge in [0.25, 0.3) is 0 Å². The summed E-state index contributed by atoms with van der Waals surface area (Å²) >= 11 is 0. The van der Waals surface area contributed by atoms with Gasteiger partial charge in [-0.3, -0.25) is 9.59 Å². The molecule has 0 amide bonds. The monoisotopic (exact) mass is 408 g/mol. The van der Waals surface area contributed by atoms with Crippen molar-refractivity contribution in [1.82, 2.24) is 0 Å². The highest BCUT2D eigenvalue weighted by Crippen LogP contribution is 2.22. The van der Waals surface area contributed by atoms with Gasteiger partial charge >= 0.3 is 11.9 Å². The minimum atomic E-state index is -1.58. The Kier molecular flexibility index (Phi) is 11.5. The molecule has 0 saturated carbocycles.